The number of fused-ring (bicyclic) bond motifs is 1. The first-order valence-electron chi connectivity index (χ1n) is 6.23. The normalized spacial score (nSPS) is 12.0. The summed E-state index contributed by atoms with van der Waals surface area (Å²) < 4.78 is 0. The van der Waals surface area contributed by atoms with Crippen molar-refractivity contribution < 1.29 is 24.6 Å². The van der Waals surface area contributed by atoms with Gasteiger partial charge in [-0.1, -0.05) is 18.2 Å². The van der Waals surface area contributed by atoms with E-state index in [0.717, 1.165) is 5.52 Å². The van der Waals surface area contributed by atoms with Gasteiger partial charge < -0.3 is 20.5 Å². The van der Waals surface area contributed by atoms with Crippen LogP contribution in [0.25, 0.3) is 10.9 Å². The van der Waals surface area contributed by atoms with Gasteiger partial charge in [0.05, 0.1) is 12.0 Å². The number of benzene rings is 1. The molecule has 0 unspecified atom stereocenters. The van der Waals surface area contributed by atoms with E-state index in [2.05, 4.69) is 10.3 Å². The van der Waals surface area contributed by atoms with E-state index in [4.69, 9.17) is 10.2 Å². The molecule has 0 spiro atoms. The number of carboxylic acid groups (broad SMARTS) is 2. The van der Waals surface area contributed by atoms with Gasteiger partial charge in [0.1, 0.15) is 6.04 Å². The molecule has 21 heavy (non-hydrogen) atoms. The summed E-state index contributed by atoms with van der Waals surface area (Å²) in [6.07, 6.45) is -0.678. The Labute approximate surface area is 119 Å². The maximum atomic E-state index is 12.2. The van der Waals surface area contributed by atoms with Crippen molar-refractivity contribution in [3.05, 3.63) is 35.5 Å². The molecule has 0 aliphatic rings. The summed E-state index contributed by atoms with van der Waals surface area (Å²) in [6, 6.07) is 5.64. The molecule has 0 aliphatic heterocycles. The van der Waals surface area contributed by atoms with Crippen LogP contribution >= 0.6 is 0 Å². The van der Waals surface area contributed by atoms with Crippen molar-refractivity contribution in [2.45, 2.75) is 19.4 Å². The molecular weight excluding hydrogens is 276 g/mol. The predicted molar refractivity (Wildman–Crippen MR) is 74.2 cm³/mol. The number of nitrogens with one attached hydrogen (secondary N) is 2. The third-order valence-electron chi connectivity index (χ3n) is 3.10. The first-order chi connectivity index (χ1) is 9.90. The number of hydrogen-bond donors (Lipinski definition) is 4. The van der Waals surface area contributed by atoms with Gasteiger partial charge in [-0.3, -0.25) is 9.59 Å². The molecular formula is C14H14N2O5. The fourth-order valence-corrected chi connectivity index (χ4v) is 2.17. The van der Waals surface area contributed by atoms with Gasteiger partial charge in [0.15, 0.2) is 0 Å². The summed E-state index contributed by atoms with van der Waals surface area (Å²) in [5, 5.41) is 20.6. The van der Waals surface area contributed by atoms with Crippen LogP contribution in [0.2, 0.25) is 0 Å². The molecule has 1 aromatic carbocycles. The summed E-state index contributed by atoms with van der Waals surface area (Å²) in [4.78, 5) is 36.9. The van der Waals surface area contributed by atoms with Gasteiger partial charge in [-0.15, -0.1) is 0 Å². The van der Waals surface area contributed by atoms with Crippen molar-refractivity contribution in [2.75, 3.05) is 0 Å². The number of amides is 1. The molecule has 1 atom stereocenters. The second-order valence-corrected chi connectivity index (χ2v) is 4.63. The Balaban J connectivity index is 2.31. The van der Waals surface area contributed by atoms with E-state index in [1.807, 2.05) is 6.07 Å². The third kappa shape index (κ3) is 3.02. The van der Waals surface area contributed by atoms with Crippen LogP contribution in [0.5, 0.6) is 0 Å². The summed E-state index contributed by atoms with van der Waals surface area (Å²) in [7, 11) is 0. The number of carbonyl (C=O) groups is 3. The summed E-state index contributed by atoms with van der Waals surface area (Å²) in [6.45, 7) is 1.70. The average Bonchev–Trinajstić information content (AvgIpc) is 2.73. The van der Waals surface area contributed by atoms with Gasteiger partial charge in [0, 0.05) is 16.6 Å². The van der Waals surface area contributed by atoms with Crippen molar-refractivity contribution in [3.8, 4) is 0 Å². The van der Waals surface area contributed by atoms with E-state index in [-0.39, 0.29) is 0 Å². The van der Waals surface area contributed by atoms with Crippen molar-refractivity contribution in [1.82, 2.24) is 10.3 Å². The quantitative estimate of drug-likeness (QED) is 0.658. The molecule has 2 rings (SSSR count). The largest absolute Gasteiger partial charge is 0.481 e. The smallest absolute Gasteiger partial charge is 0.326 e. The highest BCUT2D eigenvalue weighted by molar-refractivity contribution is 6.09. The molecule has 0 bridgehead atoms. The van der Waals surface area contributed by atoms with Crippen molar-refractivity contribution in [1.29, 1.82) is 0 Å². The topological polar surface area (TPSA) is 119 Å². The monoisotopic (exact) mass is 290 g/mol. The zero-order chi connectivity index (χ0) is 15.6. The molecule has 1 amide bonds. The maximum Gasteiger partial charge on any atom is 0.326 e. The fourth-order valence-electron chi connectivity index (χ4n) is 2.17. The van der Waals surface area contributed by atoms with Crippen molar-refractivity contribution in [2.24, 2.45) is 0 Å². The molecule has 7 nitrogen and oxygen atoms in total. The molecule has 0 aliphatic carbocycles. The van der Waals surface area contributed by atoms with Gasteiger partial charge in [0.2, 0.25) is 0 Å². The average molecular weight is 290 g/mol. The van der Waals surface area contributed by atoms with E-state index in [9.17, 15) is 14.4 Å². The minimum absolute atomic E-state index is 0.322. The van der Waals surface area contributed by atoms with Crippen LogP contribution in [0, 0.1) is 6.92 Å². The van der Waals surface area contributed by atoms with Gasteiger partial charge in [0.25, 0.3) is 5.91 Å². The van der Waals surface area contributed by atoms with Gasteiger partial charge >= 0.3 is 11.9 Å². The second-order valence-electron chi connectivity index (χ2n) is 4.63. The lowest BCUT2D eigenvalue weighted by atomic mass is 10.1. The Morgan fingerprint density at radius 3 is 2.52 bits per heavy atom. The molecule has 0 fully saturated rings. The van der Waals surface area contributed by atoms with Gasteiger partial charge in [-0.05, 0) is 13.0 Å². The Hall–Kier alpha value is -2.83. The minimum atomic E-state index is -1.47. The molecule has 0 saturated heterocycles. The number of aliphatic carboxylic acids is 2. The number of hydrogen-bond acceptors (Lipinski definition) is 3. The Bertz CT molecular complexity index is 719. The van der Waals surface area contributed by atoms with E-state index >= 15 is 0 Å². The first-order valence-corrected chi connectivity index (χ1v) is 6.23. The maximum absolute atomic E-state index is 12.2. The zero-order valence-corrected chi connectivity index (χ0v) is 11.2. The zero-order valence-electron chi connectivity index (χ0n) is 11.2. The Morgan fingerprint density at radius 2 is 1.90 bits per heavy atom. The SMILES string of the molecule is Cc1[nH]c2ccccc2c1C(=O)N[C@H](CC(=O)O)C(=O)O. The van der Waals surface area contributed by atoms with E-state index < -0.39 is 30.3 Å². The summed E-state index contributed by atoms with van der Waals surface area (Å²) in [5.41, 5.74) is 1.67. The summed E-state index contributed by atoms with van der Waals surface area (Å²) in [5.74, 6) is -3.29. The highest BCUT2D eigenvalue weighted by atomic mass is 16.4. The van der Waals surface area contributed by atoms with Gasteiger partial charge in [-0.25, -0.2) is 4.79 Å². The van der Waals surface area contributed by atoms with Crippen LogP contribution in [0.1, 0.15) is 22.5 Å². The number of carboxylic acids is 2. The molecule has 7 heteroatoms. The van der Waals surface area contributed by atoms with Gasteiger partial charge in [-0.2, -0.15) is 0 Å². The highest BCUT2D eigenvalue weighted by Gasteiger charge is 2.25. The van der Waals surface area contributed by atoms with Crippen LogP contribution in [0.4, 0.5) is 0 Å². The van der Waals surface area contributed by atoms with E-state index in [1.165, 1.54) is 0 Å². The molecule has 2 aromatic rings. The fraction of sp³-hybridized carbons (Fsp3) is 0.214. The van der Waals surface area contributed by atoms with E-state index in [1.54, 1.807) is 25.1 Å². The minimum Gasteiger partial charge on any atom is -0.481 e. The molecule has 0 saturated carbocycles. The number of para-hydroxylation sites is 1. The number of aromatic amines is 1. The lowest BCUT2D eigenvalue weighted by Gasteiger charge is -2.12. The lowest BCUT2D eigenvalue weighted by Crippen LogP contribution is -2.42. The van der Waals surface area contributed by atoms with E-state index in [0.29, 0.717) is 16.6 Å². The Morgan fingerprint density at radius 1 is 1.24 bits per heavy atom. The second kappa shape index (κ2) is 5.66. The predicted octanol–water partition coefficient (Wildman–Crippen LogP) is 1.13. The van der Waals surface area contributed by atoms with Crippen LogP contribution < -0.4 is 5.32 Å². The number of H-pyrrole nitrogens is 1. The van der Waals surface area contributed by atoms with Crippen LogP contribution in [0.15, 0.2) is 24.3 Å². The lowest BCUT2D eigenvalue weighted by molar-refractivity contribution is -0.145. The van der Waals surface area contributed by atoms with Crippen LogP contribution in [0.3, 0.4) is 0 Å². The van der Waals surface area contributed by atoms with Crippen molar-refractivity contribution in [3.63, 3.8) is 0 Å². The third-order valence-corrected chi connectivity index (χ3v) is 3.10. The summed E-state index contributed by atoms with van der Waals surface area (Å²) >= 11 is 0. The number of aryl methyl sites for hydroxylation is 1. The molecule has 1 heterocycles. The first kappa shape index (κ1) is 14.6. The molecule has 0 radical (unpaired) electrons. The molecule has 4 N–H and O–H groups in total. The van der Waals surface area contributed by atoms with Crippen molar-refractivity contribution >= 4 is 28.7 Å². The molecule has 110 valence electrons. The Kier molecular flexibility index (Phi) is 3.93. The number of rotatable bonds is 5. The standard InChI is InChI=1S/C14H14N2O5/c1-7-12(8-4-2-3-5-9(8)15-7)13(19)16-10(14(20)21)6-11(17)18/h2-5,10,15H,6H2,1H3,(H,16,19)(H,17,18)(H,20,21)/t10-/m1/s1. The van der Waals surface area contributed by atoms with Crippen LogP contribution in [-0.2, 0) is 9.59 Å². The van der Waals surface area contributed by atoms with Crippen LogP contribution in [-0.4, -0.2) is 39.1 Å². The number of aromatic nitrogens is 1. The molecule has 1 aromatic heterocycles. The highest BCUT2D eigenvalue weighted by Crippen LogP contribution is 2.21. The number of carbonyl (C=O) groups excluding carboxylic acids is 1.